The van der Waals surface area contributed by atoms with E-state index in [0.717, 1.165) is 122 Å². The summed E-state index contributed by atoms with van der Waals surface area (Å²) in [6.07, 6.45) is 1.45. The van der Waals surface area contributed by atoms with Crippen LogP contribution in [0.4, 0.5) is 8.78 Å². The molecular weight excluding hydrogens is 893 g/mol. The predicted molar refractivity (Wildman–Crippen MR) is 293 cm³/mol. The normalized spacial score (nSPS) is 40.1. The van der Waals surface area contributed by atoms with Crippen LogP contribution in [-0.2, 0) is 9.47 Å². The van der Waals surface area contributed by atoms with Crippen LogP contribution < -0.4 is 5.32 Å². The van der Waals surface area contributed by atoms with Gasteiger partial charge in [-0.05, 0) is 160 Å². The van der Waals surface area contributed by atoms with Crippen LogP contribution in [0, 0.1) is 34.5 Å². The largest absolute Gasteiger partial charge is 0.379 e. The first-order valence-electron chi connectivity index (χ1n) is 28.9. The zero-order valence-corrected chi connectivity index (χ0v) is 49.7. The molecule has 9 aliphatic rings. The molecule has 0 aromatic carbocycles. The Bertz CT molecular complexity index is 1590. The average molecular weight is 1010 g/mol. The topological polar surface area (TPSA) is 56.4 Å². The molecule has 11 nitrogen and oxygen atoms in total. The number of ether oxygens (including phenoxy) is 2. The Balaban J connectivity index is 0.000000155. The highest BCUT2D eigenvalue weighted by Crippen LogP contribution is 2.65. The quantitative estimate of drug-likeness (QED) is 0.260. The van der Waals surface area contributed by atoms with Crippen LogP contribution in [0.5, 0.6) is 0 Å². The summed E-state index contributed by atoms with van der Waals surface area (Å²) in [6.45, 7) is 58.8. The fraction of sp³-hybridized carbons (Fsp3) is 1.00. The molecule has 0 radical (unpaired) electrons. The SMILES string of the molecule is C[C@@H]1C(CN(C)C)[C@@]2(C)C[C@H]2N1C(C)(C)C.C[C@@H]1C(CN2CCOCC2)[C@@]2(C)C[C@H]2N1C(C)(C)C.C[C@@H]1[C@H](CN2CCNCC2)[C@@H](F)CN1C(C)(C)C.C[C@@H]1[C@H](CN2CCOCC2)[C@@H](F)CN1C(C)(C)C. The molecular formula is C58H113F2N9O2. The summed E-state index contributed by atoms with van der Waals surface area (Å²) in [5, 5.41) is 3.35. The third-order valence-corrected chi connectivity index (χ3v) is 19.4. The molecule has 0 aromatic heterocycles. The van der Waals surface area contributed by atoms with Crippen molar-refractivity contribution in [1.29, 1.82) is 0 Å². The van der Waals surface area contributed by atoms with Crippen molar-refractivity contribution in [1.82, 2.24) is 44.5 Å². The van der Waals surface area contributed by atoms with Gasteiger partial charge in [-0.3, -0.25) is 29.4 Å². The van der Waals surface area contributed by atoms with Crippen LogP contribution in [0.25, 0.3) is 0 Å². The van der Waals surface area contributed by atoms with Crippen LogP contribution in [0.2, 0.25) is 0 Å². The van der Waals surface area contributed by atoms with Gasteiger partial charge in [0.25, 0.3) is 0 Å². The number of piperidine rings is 2. The molecule has 71 heavy (non-hydrogen) atoms. The minimum absolute atomic E-state index is 0.0590. The molecule has 1 N–H and O–H groups in total. The molecule has 13 heteroatoms. The molecule has 0 amide bonds. The van der Waals surface area contributed by atoms with Gasteiger partial charge in [-0.2, -0.15) is 0 Å². The number of alkyl halides is 2. The first kappa shape index (κ1) is 59.7. The fourth-order valence-corrected chi connectivity index (χ4v) is 15.4. The Morgan fingerprint density at radius 3 is 1.20 bits per heavy atom. The minimum Gasteiger partial charge on any atom is -0.379 e. The lowest BCUT2D eigenvalue weighted by Crippen LogP contribution is -2.49. The lowest BCUT2D eigenvalue weighted by Gasteiger charge is -2.41. The van der Waals surface area contributed by atoms with Crippen molar-refractivity contribution in [2.24, 2.45) is 34.5 Å². The summed E-state index contributed by atoms with van der Waals surface area (Å²) in [4.78, 5) is 19.9. The summed E-state index contributed by atoms with van der Waals surface area (Å²) in [6, 6.07) is 3.77. The Hall–Kier alpha value is -0.580. The lowest BCUT2D eigenvalue weighted by molar-refractivity contribution is 0.0163. The van der Waals surface area contributed by atoms with Gasteiger partial charge in [0.1, 0.15) is 12.3 Å². The standard InChI is InChI=1S/C16H30N2O.C14H28FN3.C14H27FN2O.C14H28N2/c1-12-13(11-17-6-8-19-9-7-17)16(5)10-14(16)18(12)15(2,3)4;1-11-12(9-17-7-5-16-6-8-17)13(15)10-18(11)14(2,3)4;1-11-12(9-16-5-7-18-8-6-16)13(15)10-17(11)14(2,3)4;1-10-11(9-15(6)7)14(5)8-12(14)16(10)13(2,3)4/h12-14H,6-11H2,1-5H3;11-13,16H,5-10H2,1-4H3;11-13H,5-10H2,1-4H3;10-12H,8-9H2,1-7H3/t12-,13?,14-,16-;2*11-,12+,13+;10-,11?,12-,14-/m1111/s1. The Labute approximate surface area is 436 Å². The van der Waals surface area contributed by atoms with E-state index in [1.165, 1.54) is 25.9 Å². The van der Waals surface area contributed by atoms with Gasteiger partial charge < -0.3 is 24.6 Å². The number of piperazine rings is 1. The highest BCUT2D eigenvalue weighted by atomic mass is 19.1. The number of morpholine rings is 2. The van der Waals surface area contributed by atoms with E-state index in [0.29, 0.717) is 53.1 Å². The summed E-state index contributed by atoms with van der Waals surface area (Å²) < 4.78 is 39.4. The fourth-order valence-electron chi connectivity index (χ4n) is 15.4. The smallest absolute Gasteiger partial charge is 0.118 e. The van der Waals surface area contributed by atoms with E-state index in [2.05, 4.69) is 183 Å². The Kier molecular flexibility index (Phi) is 19.5. The highest BCUT2D eigenvalue weighted by Gasteiger charge is 2.68. The summed E-state index contributed by atoms with van der Waals surface area (Å²) in [7, 11) is 4.40. The van der Waals surface area contributed by atoms with Crippen LogP contribution in [0.3, 0.4) is 0 Å². The molecule has 416 valence electrons. The molecule has 9 fully saturated rings. The van der Waals surface area contributed by atoms with Crippen molar-refractivity contribution in [3.05, 3.63) is 0 Å². The van der Waals surface area contributed by atoms with E-state index in [4.69, 9.17) is 9.47 Å². The highest BCUT2D eigenvalue weighted by molar-refractivity contribution is 5.21. The maximum Gasteiger partial charge on any atom is 0.118 e. The van der Waals surface area contributed by atoms with E-state index >= 15 is 0 Å². The number of likely N-dealkylation sites (tertiary alicyclic amines) is 4. The van der Waals surface area contributed by atoms with Crippen molar-refractivity contribution in [3.63, 3.8) is 0 Å². The molecule has 7 saturated heterocycles. The molecule has 7 heterocycles. The van der Waals surface area contributed by atoms with Gasteiger partial charge in [0, 0.05) is 162 Å². The van der Waals surface area contributed by atoms with Crippen molar-refractivity contribution < 1.29 is 18.3 Å². The molecule has 2 unspecified atom stereocenters. The second-order valence-corrected chi connectivity index (χ2v) is 28.9. The van der Waals surface area contributed by atoms with Crippen molar-refractivity contribution in [3.8, 4) is 0 Å². The Morgan fingerprint density at radius 1 is 0.507 bits per heavy atom. The van der Waals surface area contributed by atoms with Crippen molar-refractivity contribution in [2.45, 2.75) is 208 Å². The third kappa shape index (κ3) is 14.1. The van der Waals surface area contributed by atoms with E-state index < -0.39 is 12.3 Å². The summed E-state index contributed by atoms with van der Waals surface area (Å²) in [5.74, 6) is 1.98. The van der Waals surface area contributed by atoms with Crippen LogP contribution in [0.15, 0.2) is 0 Å². The third-order valence-electron chi connectivity index (χ3n) is 19.4. The first-order chi connectivity index (χ1) is 32.8. The van der Waals surface area contributed by atoms with Gasteiger partial charge in [-0.1, -0.05) is 13.8 Å². The van der Waals surface area contributed by atoms with E-state index in [-0.39, 0.29) is 22.9 Å². The molecule has 9 rings (SSSR count). The summed E-state index contributed by atoms with van der Waals surface area (Å²) >= 11 is 0. The van der Waals surface area contributed by atoms with Gasteiger partial charge in [-0.25, -0.2) is 8.78 Å². The van der Waals surface area contributed by atoms with Crippen LogP contribution in [-0.4, -0.2) is 242 Å². The molecule has 2 aliphatic carbocycles. The van der Waals surface area contributed by atoms with E-state index in [1.54, 1.807) is 0 Å². The Morgan fingerprint density at radius 2 is 0.859 bits per heavy atom. The molecule has 0 bridgehead atoms. The minimum atomic E-state index is -0.693. The lowest BCUT2D eigenvalue weighted by atomic mass is 9.86. The average Bonchev–Trinajstić information content (AvgIpc) is 3.99. The molecule has 14 atom stereocenters. The van der Waals surface area contributed by atoms with Gasteiger partial charge in [-0.15, -0.1) is 0 Å². The van der Waals surface area contributed by atoms with E-state index in [1.807, 2.05) is 0 Å². The van der Waals surface area contributed by atoms with Crippen LogP contribution >= 0.6 is 0 Å². The molecule has 0 aromatic rings. The maximum absolute atomic E-state index is 14.3. The van der Waals surface area contributed by atoms with E-state index in [9.17, 15) is 8.78 Å². The monoisotopic (exact) mass is 1010 g/mol. The van der Waals surface area contributed by atoms with Crippen molar-refractivity contribution >= 4 is 0 Å². The van der Waals surface area contributed by atoms with Gasteiger partial charge in [0.05, 0.1) is 26.4 Å². The maximum atomic E-state index is 14.3. The second-order valence-electron chi connectivity index (χ2n) is 28.9. The number of rotatable bonds is 8. The van der Waals surface area contributed by atoms with Gasteiger partial charge >= 0.3 is 0 Å². The summed E-state index contributed by atoms with van der Waals surface area (Å²) in [5.41, 5.74) is 1.93. The van der Waals surface area contributed by atoms with Crippen LogP contribution in [0.1, 0.15) is 137 Å². The number of fused-ring (bicyclic) bond motifs is 2. The number of nitrogens with zero attached hydrogens (tertiary/aromatic N) is 8. The molecule has 2 saturated carbocycles. The number of hydrogen-bond donors (Lipinski definition) is 1. The second kappa shape index (κ2) is 23.2. The predicted octanol–water partition coefficient (Wildman–Crippen LogP) is 7.79. The number of halogens is 2. The molecule has 0 spiro atoms. The first-order valence-corrected chi connectivity index (χ1v) is 28.9. The zero-order chi connectivity index (χ0) is 52.8. The van der Waals surface area contributed by atoms with Crippen molar-refractivity contribution in [2.75, 3.05) is 132 Å². The number of hydrogen-bond acceptors (Lipinski definition) is 11. The molecule has 7 aliphatic heterocycles. The number of nitrogens with one attached hydrogen (secondary N) is 1. The zero-order valence-electron chi connectivity index (χ0n) is 49.7. The van der Waals surface area contributed by atoms with Gasteiger partial charge in [0.15, 0.2) is 0 Å². The van der Waals surface area contributed by atoms with Gasteiger partial charge in [0.2, 0.25) is 0 Å².